The Morgan fingerprint density at radius 3 is 2.83 bits per heavy atom. The maximum absolute atomic E-state index is 12.5. The maximum atomic E-state index is 12.5. The number of benzene rings is 1. The third-order valence-electron chi connectivity index (χ3n) is 3.37. The van der Waals surface area contributed by atoms with Gasteiger partial charge in [0.25, 0.3) is 5.91 Å². The summed E-state index contributed by atoms with van der Waals surface area (Å²) in [4.78, 5) is 23.9. The average molecular weight is 322 g/mol. The van der Waals surface area contributed by atoms with Crippen LogP contribution in [0, 0.1) is 0 Å². The number of H-pyrrole nitrogens is 1. The van der Waals surface area contributed by atoms with Crippen molar-refractivity contribution in [2.24, 2.45) is 0 Å². The third kappa shape index (κ3) is 3.14. The number of aromatic amines is 1. The van der Waals surface area contributed by atoms with Crippen LogP contribution in [0.1, 0.15) is 10.5 Å². The van der Waals surface area contributed by atoms with Gasteiger partial charge in [-0.25, -0.2) is 15.0 Å². The molecule has 0 aliphatic heterocycles. The van der Waals surface area contributed by atoms with Gasteiger partial charge < -0.3 is 15.8 Å². The molecule has 0 saturated heterocycles. The molecule has 0 bridgehead atoms. The van der Waals surface area contributed by atoms with Gasteiger partial charge in [0.1, 0.15) is 5.75 Å². The molecule has 7 heteroatoms. The monoisotopic (exact) mass is 322 g/mol. The summed E-state index contributed by atoms with van der Waals surface area (Å²) in [5, 5.41) is 2.74. The first-order chi connectivity index (χ1) is 11.7. The molecule has 0 unspecified atom stereocenters. The molecule has 3 rings (SSSR count). The molecule has 1 aromatic carbocycles. The van der Waals surface area contributed by atoms with E-state index in [1.54, 1.807) is 30.6 Å². The van der Waals surface area contributed by atoms with E-state index in [-0.39, 0.29) is 11.5 Å². The van der Waals surface area contributed by atoms with Gasteiger partial charge in [-0.1, -0.05) is 12.1 Å². The number of nitrogen functional groups attached to an aromatic ring is 1. The summed E-state index contributed by atoms with van der Waals surface area (Å²) in [5.41, 5.74) is 7.76. The minimum absolute atomic E-state index is 0.0576. The molecule has 0 atom stereocenters. The summed E-state index contributed by atoms with van der Waals surface area (Å²) in [5.74, 6) is 0.156. The van der Waals surface area contributed by atoms with Crippen molar-refractivity contribution in [2.75, 3.05) is 18.2 Å². The third-order valence-corrected chi connectivity index (χ3v) is 3.37. The molecule has 7 nitrogen and oxygen atoms in total. The number of carbonyl (C=O) groups excluding carboxylic acids is 1. The zero-order valence-electron chi connectivity index (χ0n) is 13.0. The van der Waals surface area contributed by atoms with Crippen molar-refractivity contribution < 1.29 is 14.5 Å². The van der Waals surface area contributed by atoms with E-state index >= 15 is 0 Å². The van der Waals surface area contributed by atoms with E-state index in [2.05, 4.69) is 20.3 Å². The van der Waals surface area contributed by atoms with Gasteiger partial charge in [-0.15, -0.1) is 0 Å². The second-order valence-corrected chi connectivity index (χ2v) is 4.94. The van der Waals surface area contributed by atoms with Crippen LogP contribution in [0.5, 0.6) is 5.75 Å². The molecule has 0 fully saturated rings. The Morgan fingerprint density at radius 2 is 2.08 bits per heavy atom. The predicted octanol–water partition coefficient (Wildman–Crippen LogP) is 1.80. The molecule has 4 N–H and O–H groups in total. The number of nitrogens with one attached hydrogen (secondary N) is 2. The first kappa shape index (κ1) is 15.4. The van der Waals surface area contributed by atoms with Gasteiger partial charge in [0.05, 0.1) is 30.3 Å². The van der Waals surface area contributed by atoms with Crippen molar-refractivity contribution in [1.29, 1.82) is 0 Å². The predicted molar refractivity (Wildman–Crippen MR) is 89.4 cm³/mol. The highest BCUT2D eigenvalue weighted by Gasteiger charge is 2.17. The number of para-hydroxylation sites is 2. The fraction of sp³-hybridized carbons (Fsp3) is 0.0588. The Kier molecular flexibility index (Phi) is 4.33. The number of hydrogen-bond acceptors (Lipinski definition) is 5. The van der Waals surface area contributed by atoms with E-state index in [0.717, 1.165) is 5.56 Å². The highest BCUT2D eigenvalue weighted by molar-refractivity contribution is 6.06. The van der Waals surface area contributed by atoms with Crippen molar-refractivity contribution in [1.82, 2.24) is 9.97 Å². The number of ether oxygens (including phenoxy) is 1. The lowest BCUT2D eigenvalue weighted by molar-refractivity contribution is -0.377. The van der Waals surface area contributed by atoms with Crippen LogP contribution < -0.4 is 20.8 Å². The molecule has 0 aliphatic carbocycles. The van der Waals surface area contributed by atoms with E-state index < -0.39 is 5.91 Å². The number of rotatable bonds is 4. The Morgan fingerprint density at radius 1 is 1.25 bits per heavy atom. The lowest BCUT2D eigenvalue weighted by Crippen LogP contribution is -2.17. The number of anilines is 2. The molecule has 2 heterocycles. The van der Waals surface area contributed by atoms with Gasteiger partial charge in [0.15, 0.2) is 23.9 Å². The molecule has 3 aromatic rings. The standard InChI is InChI=1S/C17H15N5O2/c1-24-14-7-3-2-6-12(14)22-17(23)15-16(18)20-10-13(21-15)11-5-4-8-19-9-11/h2-10H,1H3,(H2,18,20)(H,22,23)/p+1. The SMILES string of the molecule is COc1ccccc1NC(=O)c1nc(-c2ccc[nH+]c2)cnc1N. The van der Waals surface area contributed by atoms with Gasteiger partial charge in [-0.3, -0.25) is 4.79 Å². The van der Waals surface area contributed by atoms with Crippen LogP contribution in [0.15, 0.2) is 55.0 Å². The number of pyridine rings is 1. The van der Waals surface area contributed by atoms with Crippen molar-refractivity contribution in [3.63, 3.8) is 0 Å². The molecule has 1 amide bonds. The summed E-state index contributed by atoms with van der Waals surface area (Å²) in [6.07, 6.45) is 5.07. The quantitative estimate of drug-likeness (QED) is 0.762. The minimum Gasteiger partial charge on any atom is -0.495 e. The summed E-state index contributed by atoms with van der Waals surface area (Å²) >= 11 is 0. The summed E-state index contributed by atoms with van der Waals surface area (Å²) in [6, 6.07) is 10.8. The second kappa shape index (κ2) is 6.74. The summed E-state index contributed by atoms with van der Waals surface area (Å²) in [7, 11) is 1.53. The Hall–Kier alpha value is -3.48. The fourth-order valence-electron chi connectivity index (χ4n) is 2.19. The molecular formula is C17H16N5O2+. The molecule has 0 radical (unpaired) electrons. The number of nitrogens with two attached hydrogens (primary N) is 1. The molecule has 0 saturated carbocycles. The summed E-state index contributed by atoms with van der Waals surface area (Å²) < 4.78 is 5.22. The highest BCUT2D eigenvalue weighted by Crippen LogP contribution is 2.24. The van der Waals surface area contributed by atoms with Crippen LogP contribution in [0.2, 0.25) is 0 Å². The van der Waals surface area contributed by atoms with Crippen molar-refractivity contribution >= 4 is 17.4 Å². The zero-order chi connectivity index (χ0) is 16.9. The number of nitrogens with zero attached hydrogens (tertiary/aromatic N) is 2. The van der Waals surface area contributed by atoms with E-state index in [1.807, 2.05) is 18.2 Å². The van der Waals surface area contributed by atoms with Crippen LogP contribution in [-0.2, 0) is 0 Å². The number of amides is 1. The van der Waals surface area contributed by atoms with E-state index in [4.69, 9.17) is 10.5 Å². The largest absolute Gasteiger partial charge is 0.495 e. The topological polar surface area (TPSA) is 104 Å². The molecular weight excluding hydrogens is 306 g/mol. The lowest BCUT2D eigenvalue weighted by atomic mass is 10.2. The molecule has 2 aromatic heterocycles. The molecule has 24 heavy (non-hydrogen) atoms. The van der Waals surface area contributed by atoms with Crippen molar-refractivity contribution in [3.8, 4) is 17.0 Å². The second-order valence-electron chi connectivity index (χ2n) is 4.94. The highest BCUT2D eigenvalue weighted by atomic mass is 16.5. The summed E-state index contributed by atoms with van der Waals surface area (Å²) in [6.45, 7) is 0. The van der Waals surface area contributed by atoms with Gasteiger partial charge in [0.2, 0.25) is 0 Å². The first-order valence-electron chi connectivity index (χ1n) is 7.22. The van der Waals surface area contributed by atoms with Gasteiger partial charge >= 0.3 is 0 Å². The Bertz CT molecular complexity index is 868. The van der Waals surface area contributed by atoms with Gasteiger partial charge in [-0.05, 0) is 18.2 Å². The fourth-order valence-corrected chi connectivity index (χ4v) is 2.19. The number of hydrogen-bond donors (Lipinski definition) is 2. The van der Waals surface area contributed by atoms with E-state index in [1.165, 1.54) is 13.3 Å². The average Bonchev–Trinajstić information content (AvgIpc) is 2.63. The zero-order valence-corrected chi connectivity index (χ0v) is 13.0. The smallest absolute Gasteiger partial charge is 0.278 e. The van der Waals surface area contributed by atoms with Gasteiger partial charge in [-0.2, -0.15) is 0 Å². The molecule has 0 spiro atoms. The van der Waals surface area contributed by atoms with Crippen molar-refractivity contribution in [3.05, 3.63) is 60.7 Å². The number of carbonyl (C=O) groups is 1. The number of methoxy groups -OCH3 is 1. The van der Waals surface area contributed by atoms with E-state index in [0.29, 0.717) is 17.1 Å². The normalized spacial score (nSPS) is 10.2. The van der Waals surface area contributed by atoms with Crippen LogP contribution in [0.3, 0.4) is 0 Å². The van der Waals surface area contributed by atoms with E-state index in [9.17, 15) is 4.79 Å². The van der Waals surface area contributed by atoms with Crippen LogP contribution in [0.25, 0.3) is 11.3 Å². The lowest BCUT2D eigenvalue weighted by Gasteiger charge is -2.10. The minimum atomic E-state index is -0.453. The van der Waals surface area contributed by atoms with Crippen LogP contribution >= 0.6 is 0 Å². The molecule has 0 aliphatic rings. The van der Waals surface area contributed by atoms with Crippen LogP contribution in [-0.4, -0.2) is 23.0 Å². The van der Waals surface area contributed by atoms with Crippen molar-refractivity contribution in [2.45, 2.75) is 0 Å². The Labute approximate surface area is 138 Å². The van der Waals surface area contributed by atoms with Crippen LogP contribution in [0.4, 0.5) is 11.5 Å². The maximum Gasteiger partial charge on any atom is 0.278 e. The van der Waals surface area contributed by atoms with Gasteiger partial charge in [0, 0.05) is 6.07 Å². The Balaban J connectivity index is 1.92. The number of aromatic nitrogens is 3. The molecule has 120 valence electrons. The first-order valence-corrected chi connectivity index (χ1v) is 7.22.